The van der Waals surface area contributed by atoms with Gasteiger partial charge in [-0.25, -0.2) is 4.79 Å². The van der Waals surface area contributed by atoms with Crippen molar-refractivity contribution < 1.29 is 19.6 Å². The van der Waals surface area contributed by atoms with Crippen LogP contribution in [0.15, 0.2) is 36.5 Å². The molecule has 2 aromatic rings. The fourth-order valence-corrected chi connectivity index (χ4v) is 1.93. The zero-order chi connectivity index (χ0) is 15.2. The number of esters is 1. The number of hydrogen-bond acceptors (Lipinski definition) is 6. The first kappa shape index (κ1) is 15.2. The van der Waals surface area contributed by atoms with Crippen LogP contribution in [0.4, 0.5) is 0 Å². The molecular formula is C13H16BN3O4. The highest BCUT2D eigenvalue weighted by Gasteiger charge is 2.28. The predicted octanol–water partition coefficient (Wildman–Crippen LogP) is 0.251. The molecule has 0 aliphatic rings. The molecule has 0 saturated heterocycles. The lowest BCUT2D eigenvalue weighted by atomic mass is 9.76. The van der Waals surface area contributed by atoms with E-state index < -0.39 is 19.0 Å². The fourth-order valence-electron chi connectivity index (χ4n) is 1.93. The molecule has 8 heteroatoms. The minimum atomic E-state index is -1.62. The fraction of sp³-hybridized carbons (Fsp3) is 0.308. The van der Waals surface area contributed by atoms with Gasteiger partial charge in [0.05, 0.1) is 18.7 Å². The minimum absolute atomic E-state index is 0.0376. The zero-order valence-electron chi connectivity index (χ0n) is 11.6. The van der Waals surface area contributed by atoms with Crippen LogP contribution < -0.4 is 0 Å². The van der Waals surface area contributed by atoms with Crippen LogP contribution in [0.2, 0.25) is 0 Å². The molecule has 0 spiro atoms. The number of rotatable bonds is 6. The Bertz CT molecular complexity index is 588. The molecule has 2 rings (SSSR count). The van der Waals surface area contributed by atoms with E-state index in [-0.39, 0.29) is 12.3 Å². The summed E-state index contributed by atoms with van der Waals surface area (Å²) in [6, 6.07) is 9.35. The van der Waals surface area contributed by atoms with Crippen molar-refractivity contribution in [1.82, 2.24) is 15.0 Å². The van der Waals surface area contributed by atoms with Gasteiger partial charge in [0, 0.05) is 0 Å². The number of carbonyl (C=O) groups excluding carboxylic acids is 1. The van der Waals surface area contributed by atoms with Crippen molar-refractivity contribution in [2.45, 2.75) is 19.3 Å². The van der Waals surface area contributed by atoms with Crippen molar-refractivity contribution in [3.63, 3.8) is 0 Å². The van der Waals surface area contributed by atoms with E-state index in [1.807, 2.05) is 30.3 Å². The molecule has 0 aliphatic heterocycles. The lowest BCUT2D eigenvalue weighted by Gasteiger charge is -2.15. The standard InChI is InChI=1S/C13H16BN3O4/c1-2-21-13(18)11-9-17(16-15-11)12(14(19)20)8-10-6-4-3-5-7-10/h3-7,9,12,19-20H,2,8H2,1H3/t12-/m0/s1. The number of benzene rings is 1. The molecule has 0 amide bonds. The summed E-state index contributed by atoms with van der Waals surface area (Å²) >= 11 is 0. The SMILES string of the molecule is CCOC(=O)c1cn([C@@H](Cc2ccccc2)B(O)O)nn1. The zero-order valence-corrected chi connectivity index (χ0v) is 11.6. The topological polar surface area (TPSA) is 97.5 Å². The van der Waals surface area contributed by atoms with Crippen LogP contribution in [-0.2, 0) is 11.2 Å². The molecule has 1 atom stereocenters. The summed E-state index contributed by atoms with van der Waals surface area (Å²) in [5.41, 5.74) is 0.958. The van der Waals surface area contributed by atoms with Crippen molar-refractivity contribution in [2.75, 3.05) is 6.61 Å². The molecule has 0 fully saturated rings. The molecule has 1 heterocycles. The molecule has 0 radical (unpaired) electrons. The molecule has 21 heavy (non-hydrogen) atoms. The van der Waals surface area contributed by atoms with Crippen LogP contribution in [0.5, 0.6) is 0 Å². The molecule has 110 valence electrons. The van der Waals surface area contributed by atoms with E-state index >= 15 is 0 Å². The van der Waals surface area contributed by atoms with Gasteiger partial charge in [-0.1, -0.05) is 35.5 Å². The summed E-state index contributed by atoms with van der Waals surface area (Å²) < 4.78 is 6.09. The third kappa shape index (κ3) is 3.90. The Morgan fingerprint density at radius 2 is 2.10 bits per heavy atom. The maximum Gasteiger partial charge on any atom is 0.478 e. The van der Waals surface area contributed by atoms with Crippen molar-refractivity contribution in [3.8, 4) is 0 Å². The van der Waals surface area contributed by atoms with Crippen LogP contribution in [0, 0.1) is 0 Å². The summed E-state index contributed by atoms with van der Waals surface area (Å²) in [5.74, 6) is -1.32. The summed E-state index contributed by atoms with van der Waals surface area (Å²) in [4.78, 5) is 11.5. The smallest absolute Gasteiger partial charge is 0.461 e. The van der Waals surface area contributed by atoms with E-state index in [1.54, 1.807) is 6.92 Å². The van der Waals surface area contributed by atoms with Crippen LogP contribution in [0.3, 0.4) is 0 Å². The summed E-state index contributed by atoms with van der Waals surface area (Å²) in [6.07, 6.45) is 1.70. The van der Waals surface area contributed by atoms with Crippen LogP contribution in [0.25, 0.3) is 0 Å². The highest BCUT2D eigenvalue weighted by molar-refractivity contribution is 6.42. The summed E-state index contributed by atoms with van der Waals surface area (Å²) in [5, 5.41) is 26.5. The number of ether oxygens (including phenoxy) is 1. The van der Waals surface area contributed by atoms with Crippen LogP contribution >= 0.6 is 0 Å². The third-order valence-corrected chi connectivity index (χ3v) is 2.97. The minimum Gasteiger partial charge on any atom is -0.461 e. The van der Waals surface area contributed by atoms with Gasteiger partial charge in [-0.15, -0.1) is 5.10 Å². The lowest BCUT2D eigenvalue weighted by molar-refractivity contribution is 0.0519. The Morgan fingerprint density at radius 3 is 2.71 bits per heavy atom. The quantitative estimate of drug-likeness (QED) is 0.584. The second-order valence-corrected chi connectivity index (χ2v) is 4.47. The predicted molar refractivity (Wildman–Crippen MR) is 75.4 cm³/mol. The Balaban J connectivity index is 2.17. The number of nitrogens with zero attached hydrogens (tertiary/aromatic N) is 3. The van der Waals surface area contributed by atoms with E-state index in [2.05, 4.69) is 10.3 Å². The second kappa shape index (κ2) is 7.01. The molecule has 0 saturated carbocycles. The normalized spacial score (nSPS) is 12.0. The largest absolute Gasteiger partial charge is 0.478 e. The van der Waals surface area contributed by atoms with Crippen molar-refractivity contribution in [2.24, 2.45) is 0 Å². The number of carbonyl (C=O) groups is 1. The lowest BCUT2D eigenvalue weighted by Crippen LogP contribution is -2.31. The molecular weight excluding hydrogens is 273 g/mol. The maximum atomic E-state index is 11.5. The van der Waals surface area contributed by atoms with Gasteiger partial charge < -0.3 is 14.8 Å². The highest BCUT2D eigenvalue weighted by Crippen LogP contribution is 2.15. The van der Waals surface area contributed by atoms with Gasteiger partial charge >= 0.3 is 13.1 Å². The second-order valence-electron chi connectivity index (χ2n) is 4.47. The summed E-state index contributed by atoms with van der Waals surface area (Å²) in [7, 11) is -1.62. The molecule has 1 aromatic heterocycles. The molecule has 1 aromatic carbocycles. The number of aromatic nitrogens is 3. The van der Waals surface area contributed by atoms with E-state index in [1.165, 1.54) is 10.9 Å². The van der Waals surface area contributed by atoms with Crippen molar-refractivity contribution in [1.29, 1.82) is 0 Å². The molecule has 0 aliphatic carbocycles. The Kier molecular flexibility index (Phi) is 5.07. The van der Waals surface area contributed by atoms with Crippen molar-refractivity contribution in [3.05, 3.63) is 47.8 Å². The van der Waals surface area contributed by atoms with Crippen LogP contribution in [0.1, 0.15) is 28.9 Å². The van der Waals surface area contributed by atoms with E-state index in [0.717, 1.165) is 5.56 Å². The van der Waals surface area contributed by atoms with Gasteiger partial charge in [-0.05, 0) is 18.9 Å². The maximum absolute atomic E-state index is 11.5. The average molecular weight is 289 g/mol. The van der Waals surface area contributed by atoms with Crippen LogP contribution in [-0.4, -0.2) is 44.7 Å². The van der Waals surface area contributed by atoms with E-state index in [0.29, 0.717) is 6.42 Å². The van der Waals surface area contributed by atoms with Gasteiger partial charge in [0.2, 0.25) is 0 Å². The average Bonchev–Trinajstić information content (AvgIpc) is 2.95. The summed E-state index contributed by atoms with van der Waals surface area (Å²) in [6.45, 7) is 1.93. The molecule has 0 bridgehead atoms. The Morgan fingerprint density at radius 1 is 1.38 bits per heavy atom. The number of hydrogen-bond donors (Lipinski definition) is 2. The van der Waals surface area contributed by atoms with Gasteiger partial charge in [-0.2, -0.15) is 0 Å². The van der Waals surface area contributed by atoms with Crippen molar-refractivity contribution >= 4 is 13.1 Å². The van der Waals surface area contributed by atoms with Gasteiger partial charge in [-0.3, -0.25) is 4.68 Å². The van der Waals surface area contributed by atoms with Gasteiger partial charge in [0.25, 0.3) is 0 Å². The first-order chi connectivity index (χ1) is 10.1. The Hall–Kier alpha value is -2.19. The third-order valence-electron chi connectivity index (χ3n) is 2.97. The highest BCUT2D eigenvalue weighted by atomic mass is 16.5. The van der Waals surface area contributed by atoms with E-state index in [9.17, 15) is 14.8 Å². The van der Waals surface area contributed by atoms with Gasteiger partial charge in [0.15, 0.2) is 5.69 Å². The molecule has 7 nitrogen and oxygen atoms in total. The molecule has 0 unspecified atom stereocenters. The monoisotopic (exact) mass is 289 g/mol. The van der Waals surface area contributed by atoms with E-state index in [4.69, 9.17) is 4.74 Å². The first-order valence-corrected chi connectivity index (χ1v) is 6.60. The first-order valence-electron chi connectivity index (χ1n) is 6.60. The molecule has 2 N–H and O–H groups in total. The van der Waals surface area contributed by atoms with Gasteiger partial charge in [0.1, 0.15) is 0 Å². The Labute approximate surface area is 122 Å².